The van der Waals surface area contributed by atoms with Crippen LogP contribution in [0.2, 0.25) is 0 Å². The molecule has 2 atom stereocenters. The van der Waals surface area contributed by atoms with Gasteiger partial charge in [-0.05, 0) is 37.0 Å². The number of alkyl halides is 3. The second-order valence-electron chi connectivity index (χ2n) is 7.23. The molecule has 1 fully saturated rings. The summed E-state index contributed by atoms with van der Waals surface area (Å²) in [6, 6.07) is 4.44. The van der Waals surface area contributed by atoms with E-state index in [0.717, 1.165) is 25.0 Å². The molecule has 1 saturated carbocycles. The Morgan fingerprint density at radius 3 is 2.52 bits per heavy atom. The molecule has 1 aliphatic rings. The van der Waals surface area contributed by atoms with Crippen LogP contribution in [0, 0.1) is 0 Å². The van der Waals surface area contributed by atoms with Crippen LogP contribution in [0.5, 0.6) is 0 Å². The van der Waals surface area contributed by atoms with Crippen molar-refractivity contribution in [3.8, 4) is 11.1 Å². The van der Waals surface area contributed by atoms with Crippen LogP contribution in [0.15, 0.2) is 41.6 Å². The lowest BCUT2D eigenvalue weighted by Crippen LogP contribution is -2.29. The van der Waals surface area contributed by atoms with E-state index in [1.165, 1.54) is 29.2 Å². The molecule has 1 aliphatic carbocycles. The fourth-order valence-electron chi connectivity index (χ4n) is 3.66. The SMILES string of the molecule is Cn1cnc2c(-c3ccc(C(F)(F)F)cc3)cnc(N[C@H]3CCC[C@@H]3O)c2c1=O. The Morgan fingerprint density at radius 2 is 1.90 bits per heavy atom. The molecule has 4 rings (SSSR count). The van der Waals surface area contributed by atoms with Gasteiger partial charge in [-0.1, -0.05) is 12.1 Å². The van der Waals surface area contributed by atoms with Gasteiger partial charge in [-0.15, -0.1) is 0 Å². The quantitative estimate of drug-likeness (QED) is 0.700. The zero-order chi connectivity index (χ0) is 20.8. The van der Waals surface area contributed by atoms with Crippen molar-refractivity contribution in [2.75, 3.05) is 5.32 Å². The maximum Gasteiger partial charge on any atom is 0.416 e. The molecule has 0 aliphatic heterocycles. The van der Waals surface area contributed by atoms with Crippen LogP contribution in [-0.4, -0.2) is 31.8 Å². The number of rotatable bonds is 3. The van der Waals surface area contributed by atoms with Crippen LogP contribution in [0.3, 0.4) is 0 Å². The Morgan fingerprint density at radius 1 is 1.17 bits per heavy atom. The van der Waals surface area contributed by atoms with Gasteiger partial charge in [0.05, 0.1) is 29.6 Å². The lowest BCUT2D eigenvalue weighted by molar-refractivity contribution is -0.137. The predicted octanol–water partition coefficient (Wildman–Crippen LogP) is 3.34. The van der Waals surface area contributed by atoms with Crippen LogP contribution in [-0.2, 0) is 13.2 Å². The summed E-state index contributed by atoms with van der Waals surface area (Å²) >= 11 is 0. The van der Waals surface area contributed by atoms with Crippen LogP contribution in [0.25, 0.3) is 22.0 Å². The lowest BCUT2D eigenvalue weighted by atomic mass is 10.0. The van der Waals surface area contributed by atoms with Crippen LogP contribution in [0.4, 0.5) is 19.0 Å². The number of anilines is 1. The minimum atomic E-state index is -4.43. The first-order chi connectivity index (χ1) is 13.8. The molecule has 0 bridgehead atoms. The summed E-state index contributed by atoms with van der Waals surface area (Å²) in [7, 11) is 1.56. The Labute approximate surface area is 164 Å². The molecule has 0 amide bonds. The highest BCUT2D eigenvalue weighted by atomic mass is 19.4. The molecular formula is C20H19F3N4O2. The van der Waals surface area contributed by atoms with E-state index in [2.05, 4.69) is 15.3 Å². The molecule has 6 nitrogen and oxygen atoms in total. The van der Waals surface area contributed by atoms with Crippen LogP contribution in [0.1, 0.15) is 24.8 Å². The number of aliphatic hydroxyl groups excluding tert-OH is 1. The van der Waals surface area contributed by atoms with Crippen molar-refractivity contribution in [3.05, 3.63) is 52.7 Å². The second kappa shape index (κ2) is 7.14. The molecule has 152 valence electrons. The summed E-state index contributed by atoms with van der Waals surface area (Å²) in [6.45, 7) is 0. The number of aliphatic hydroxyl groups is 1. The molecule has 2 N–H and O–H groups in total. The average Bonchev–Trinajstić information content (AvgIpc) is 3.09. The number of hydrogen-bond donors (Lipinski definition) is 2. The lowest BCUT2D eigenvalue weighted by Gasteiger charge is -2.19. The van der Waals surface area contributed by atoms with Crippen molar-refractivity contribution < 1.29 is 18.3 Å². The summed E-state index contributed by atoms with van der Waals surface area (Å²) in [4.78, 5) is 21.5. The minimum absolute atomic E-state index is 0.215. The van der Waals surface area contributed by atoms with E-state index in [-0.39, 0.29) is 17.0 Å². The van der Waals surface area contributed by atoms with Crippen molar-refractivity contribution in [1.29, 1.82) is 0 Å². The number of fused-ring (bicyclic) bond motifs is 1. The number of aryl methyl sites for hydroxylation is 1. The maximum atomic E-state index is 12.9. The van der Waals surface area contributed by atoms with E-state index in [4.69, 9.17) is 0 Å². The average molecular weight is 404 g/mol. The zero-order valence-electron chi connectivity index (χ0n) is 15.6. The first-order valence-electron chi connectivity index (χ1n) is 9.22. The molecule has 9 heteroatoms. The summed E-state index contributed by atoms with van der Waals surface area (Å²) < 4.78 is 39.9. The Kier molecular flexibility index (Phi) is 4.77. The number of pyridine rings is 1. The van der Waals surface area contributed by atoms with E-state index in [1.807, 2.05) is 0 Å². The van der Waals surface area contributed by atoms with E-state index in [0.29, 0.717) is 28.9 Å². The third-order valence-electron chi connectivity index (χ3n) is 5.27. The number of nitrogens with zero attached hydrogens (tertiary/aromatic N) is 3. The molecule has 0 unspecified atom stereocenters. The first kappa shape index (κ1) is 19.4. The molecule has 2 heterocycles. The normalized spacial score (nSPS) is 19.6. The number of aromatic nitrogens is 3. The van der Waals surface area contributed by atoms with Crippen molar-refractivity contribution in [3.63, 3.8) is 0 Å². The third-order valence-corrected chi connectivity index (χ3v) is 5.27. The van der Waals surface area contributed by atoms with Crippen molar-refractivity contribution in [2.24, 2.45) is 7.05 Å². The molecule has 2 aromatic heterocycles. The number of halogens is 3. The Balaban J connectivity index is 1.84. The Bertz CT molecular complexity index is 1110. The largest absolute Gasteiger partial charge is 0.416 e. The Hall–Kier alpha value is -2.94. The van der Waals surface area contributed by atoms with Gasteiger partial charge in [-0.2, -0.15) is 13.2 Å². The molecule has 0 spiro atoms. The fraction of sp³-hybridized carbons (Fsp3) is 0.350. The van der Waals surface area contributed by atoms with E-state index >= 15 is 0 Å². The van der Waals surface area contributed by atoms with E-state index in [9.17, 15) is 23.1 Å². The van der Waals surface area contributed by atoms with Gasteiger partial charge in [0, 0.05) is 18.8 Å². The zero-order valence-corrected chi connectivity index (χ0v) is 15.6. The maximum absolute atomic E-state index is 12.9. The number of benzene rings is 1. The van der Waals surface area contributed by atoms with Gasteiger partial charge in [0.15, 0.2) is 0 Å². The summed E-state index contributed by atoms with van der Waals surface area (Å²) in [5.74, 6) is 0.315. The predicted molar refractivity (Wildman–Crippen MR) is 102 cm³/mol. The van der Waals surface area contributed by atoms with Crippen LogP contribution >= 0.6 is 0 Å². The molecular weight excluding hydrogens is 385 g/mol. The summed E-state index contributed by atoms with van der Waals surface area (Å²) in [6.07, 6.45) is 0.204. The van der Waals surface area contributed by atoms with E-state index in [1.54, 1.807) is 7.05 Å². The van der Waals surface area contributed by atoms with Gasteiger partial charge >= 0.3 is 6.18 Å². The minimum Gasteiger partial charge on any atom is -0.391 e. The van der Waals surface area contributed by atoms with Crippen molar-refractivity contribution in [1.82, 2.24) is 14.5 Å². The monoisotopic (exact) mass is 404 g/mol. The second-order valence-corrected chi connectivity index (χ2v) is 7.23. The fourth-order valence-corrected chi connectivity index (χ4v) is 3.66. The first-order valence-corrected chi connectivity index (χ1v) is 9.22. The number of nitrogens with one attached hydrogen (secondary N) is 1. The highest BCUT2D eigenvalue weighted by molar-refractivity contribution is 5.98. The molecule has 0 saturated heterocycles. The standard InChI is InChI=1S/C20H19F3N4O2/c1-27-10-25-17-13(11-5-7-12(8-6-11)20(21,22)23)9-24-18(16(17)19(27)29)26-14-3-2-4-15(14)28/h5-10,14-15,28H,2-4H2,1H3,(H,24,26)/t14-,15-/m0/s1. The smallest absolute Gasteiger partial charge is 0.391 e. The topological polar surface area (TPSA) is 80.0 Å². The van der Waals surface area contributed by atoms with Crippen molar-refractivity contribution in [2.45, 2.75) is 37.6 Å². The van der Waals surface area contributed by atoms with Gasteiger partial charge in [-0.3, -0.25) is 4.79 Å². The van der Waals surface area contributed by atoms with Gasteiger partial charge in [-0.25, -0.2) is 9.97 Å². The van der Waals surface area contributed by atoms with Gasteiger partial charge in [0.1, 0.15) is 11.2 Å². The highest BCUT2D eigenvalue weighted by Crippen LogP contribution is 2.33. The van der Waals surface area contributed by atoms with Crippen LogP contribution < -0.4 is 10.9 Å². The summed E-state index contributed by atoms with van der Waals surface area (Å²) in [5.41, 5.74) is 0.202. The van der Waals surface area contributed by atoms with Crippen molar-refractivity contribution >= 4 is 16.7 Å². The molecule has 1 aromatic carbocycles. The highest BCUT2D eigenvalue weighted by Gasteiger charge is 2.30. The third kappa shape index (κ3) is 3.57. The van der Waals surface area contributed by atoms with E-state index < -0.39 is 17.8 Å². The van der Waals surface area contributed by atoms with Gasteiger partial charge in [0.2, 0.25) is 0 Å². The molecule has 29 heavy (non-hydrogen) atoms. The summed E-state index contributed by atoms with van der Waals surface area (Å²) in [5, 5.41) is 13.5. The van der Waals surface area contributed by atoms with Gasteiger partial charge < -0.3 is 15.0 Å². The molecule has 3 aromatic rings. The molecule has 0 radical (unpaired) electrons. The van der Waals surface area contributed by atoms with Gasteiger partial charge in [0.25, 0.3) is 5.56 Å². The number of hydrogen-bond acceptors (Lipinski definition) is 5.